The van der Waals surface area contributed by atoms with E-state index in [1.54, 1.807) is 4.68 Å². The van der Waals surface area contributed by atoms with Crippen LogP contribution in [0.15, 0.2) is 17.2 Å². The van der Waals surface area contributed by atoms with Gasteiger partial charge in [0.15, 0.2) is 5.03 Å². The molecular formula is C21H24F3N5O5S. The molecule has 2 heterocycles. The quantitative estimate of drug-likeness (QED) is 0.490. The van der Waals surface area contributed by atoms with Crippen molar-refractivity contribution in [3.05, 3.63) is 40.1 Å². The lowest BCUT2D eigenvalue weighted by molar-refractivity contribution is -0.192. The average Bonchev–Trinajstić information content (AvgIpc) is 3.52. The molecule has 4 N–H and O–H groups in total. The van der Waals surface area contributed by atoms with Gasteiger partial charge < -0.3 is 15.7 Å². The molecule has 35 heavy (non-hydrogen) atoms. The van der Waals surface area contributed by atoms with Crippen molar-refractivity contribution in [2.24, 2.45) is 0 Å². The van der Waals surface area contributed by atoms with Gasteiger partial charge in [-0.05, 0) is 60.8 Å². The van der Waals surface area contributed by atoms with Crippen LogP contribution in [-0.4, -0.2) is 48.0 Å². The smallest absolute Gasteiger partial charge is 0.475 e. The normalized spacial score (nSPS) is 16.4. The summed E-state index contributed by atoms with van der Waals surface area (Å²) >= 11 is 0. The van der Waals surface area contributed by atoms with Gasteiger partial charge in [-0.25, -0.2) is 14.3 Å². The van der Waals surface area contributed by atoms with Crippen LogP contribution in [0.5, 0.6) is 0 Å². The van der Waals surface area contributed by atoms with Gasteiger partial charge in [0, 0.05) is 24.8 Å². The van der Waals surface area contributed by atoms with E-state index >= 15 is 0 Å². The van der Waals surface area contributed by atoms with Crippen molar-refractivity contribution in [3.63, 3.8) is 0 Å². The number of carbonyl (C=O) groups excluding carboxylic acids is 1. The highest BCUT2D eigenvalue weighted by atomic mass is 32.2. The maximum Gasteiger partial charge on any atom is 0.490 e. The summed E-state index contributed by atoms with van der Waals surface area (Å²) in [5.74, 6) is -2.76. The lowest BCUT2D eigenvalue weighted by Crippen LogP contribution is -2.35. The van der Waals surface area contributed by atoms with Gasteiger partial charge in [0.2, 0.25) is 0 Å². The fourth-order valence-electron chi connectivity index (χ4n) is 4.58. The molecule has 2 aliphatic carbocycles. The number of carboxylic acids is 1. The van der Waals surface area contributed by atoms with Crippen LogP contribution in [-0.2, 0) is 53.6 Å². The van der Waals surface area contributed by atoms with Crippen molar-refractivity contribution in [1.82, 2.24) is 19.8 Å². The number of nitrogens with zero attached hydrogens (tertiary/aromatic N) is 2. The molecule has 2 aromatic rings. The van der Waals surface area contributed by atoms with Crippen LogP contribution < -0.4 is 15.4 Å². The van der Waals surface area contributed by atoms with E-state index in [1.807, 2.05) is 0 Å². The largest absolute Gasteiger partial charge is 0.490 e. The van der Waals surface area contributed by atoms with E-state index in [-0.39, 0.29) is 5.03 Å². The first kappa shape index (κ1) is 25.0. The van der Waals surface area contributed by atoms with Crippen molar-refractivity contribution in [2.45, 2.75) is 62.8 Å². The number of rotatable bonds is 3. The number of carbonyl (C=O) groups is 2. The molecule has 0 atom stereocenters. The molecule has 0 bridgehead atoms. The highest BCUT2D eigenvalue weighted by molar-refractivity contribution is 7.90. The Kier molecular flexibility index (Phi) is 6.77. The Bertz CT molecular complexity index is 1220. The number of aromatic nitrogens is 2. The fraction of sp³-hybridized carbons (Fsp3) is 0.476. The Labute approximate surface area is 198 Å². The molecule has 0 saturated carbocycles. The van der Waals surface area contributed by atoms with Crippen molar-refractivity contribution < 1.29 is 36.3 Å². The van der Waals surface area contributed by atoms with E-state index in [2.05, 4.69) is 26.5 Å². The third-order valence-electron chi connectivity index (χ3n) is 6.10. The molecule has 10 nitrogen and oxygen atoms in total. The third-order valence-corrected chi connectivity index (χ3v) is 7.31. The van der Waals surface area contributed by atoms with Gasteiger partial charge in [-0.2, -0.15) is 26.7 Å². The van der Waals surface area contributed by atoms with Crippen molar-refractivity contribution in [2.75, 3.05) is 11.9 Å². The van der Waals surface area contributed by atoms with Crippen LogP contribution in [0.4, 0.5) is 23.7 Å². The predicted octanol–water partition coefficient (Wildman–Crippen LogP) is 2.11. The molecule has 14 heteroatoms. The number of fused-ring (bicyclic) bond motifs is 3. The van der Waals surface area contributed by atoms with Crippen LogP contribution in [0.1, 0.15) is 40.8 Å². The summed E-state index contributed by atoms with van der Waals surface area (Å²) in [6, 6.07) is 3.06. The number of alkyl halides is 3. The highest BCUT2D eigenvalue weighted by Gasteiger charge is 2.38. The number of nitrogens with one attached hydrogen (secondary N) is 3. The minimum Gasteiger partial charge on any atom is -0.475 e. The van der Waals surface area contributed by atoms with E-state index in [0.29, 0.717) is 13.1 Å². The first-order chi connectivity index (χ1) is 16.5. The number of carboxylic acid groups (broad SMARTS) is 1. The molecule has 3 aliphatic rings. The number of aliphatic carboxylic acids is 1. The number of aryl methyl sites for hydroxylation is 2. The SMILES string of the molecule is O=C(Nc1c2c(cc3c1CCC3)CCC2)NS(=O)(=O)c1cc2n(n1)CCNC2.O=C(O)C(F)(F)F. The second kappa shape index (κ2) is 9.49. The molecule has 5 rings (SSSR count). The van der Waals surface area contributed by atoms with Crippen LogP contribution in [0.25, 0.3) is 0 Å². The third kappa shape index (κ3) is 5.42. The number of hydrogen-bond acceptors (Lipinski definition) is 6. The summed E-state index contributed by atoms with van der Waals surface area (Å²) in [5, 5.41) is 17.2. The Hall–Kier alpha value is -3.13. The first-order valence-corrected chi connectivity index (χ1v) is 12.5. The molecule has 1 aromatic carbocycles. The van der Waals surface area contributed by atoms with Crippen LogP contribution >= 0.6 is 0 Å². The van der Waals surface area contributed by atoms with Gasteiger partial charge in [0.25, 0.3) is 10.0 Å². The van der Waals surface area contributed by atoms with E-state index in [9.17, 15) is 26.4 Å². The molecule has 1 aromatic heterocycles. The Balaban J connectivity index is 0.000000364. The van der Waals surface area contributed by atoms with E-state index in [1.165, 1.54) is 17.2 Å². The molecule has 0 spiro atoms. The average molecular weight is 516 g/mol. The Morgan fingerprint density at radius 2 is 1.66 bits per heavy atom. The van der Waals surface area contributed by atoms with Crippen LogP contribution in [0, 0.1) is 0 Å². The summed E-state index contributed by atoms with van der Waals surface area (Å²) < 4.78 is 60.8. The number of urea groups is 1. The van der Waals surface area contributed by atoms with E-state index < -0.39 is 28.2 Å². The topological polar surface area (TPSA) is 142 Å². The van der Waals surface area contributed by atoms with Gasteiger partial charge >= 0.3 is 18.2 Å². The summed E-state index contributed by atoms with van der Waals surface area (Å²) in [6.07, 6.45) is 0.941. The zero-order valence-electron chi connectivity index (χ0n) is 18.5. The molecule has 0 saturated heterocycles. The minimum absolute atomic E-state index is 0.120. The minimum atomic E-state index is -5.08. The zero-order valence-corrected chi connectivity index (χ0v) is 19.4. The lowest BCUT2D eigenvalue weighted by Gasteiger charge is -2.16. The number of hydrogen-bond donors (Lipinski definition) is 4. The standard InChI is InChI=1S/C19H23N5O3S.C2HF3O2/c25-19(23-28(26,27)17-10-14-11-20-7-8-24(14)22-17)21-18-15-5-1-3-12(15)9-13-4-2-6-16(13)18;3-2(4,5)1(6)7/h9-10,20H,1-8,11H2,(H2,21,23,25);(H,6,7). The maximum absolute atomic E-state index is 12.6. The predicted molar refractivity (Wildman–Crippen MR) is 117 cm³/mol. The van der Waals surface area contributed by atoms with Gasteiger partial charge in [-0.1, -0.05) is 6.07 Å². The van der Waals surface area contributed by atoms with Gasteiger partial charge in [-0.15, -0.1) is 0 Å². The summed E-state index contributed by atoms with van der Waals surface area (Å²) in [6.45, 7) is 1.92. The molecule has 0 fully saturated rings. The van der Waals surface area contributed by atoms with E-state index in [4.69, 9.17) is 9.90 Å². The van der Waals surface area contributed by atoms with Crippen molar-refractivity contribution in [1.29, 1.82) is 0 Å². The zero-order chi connectivity index (χ0) is 25.4. The van der Waals surface area contributed by atoms with Crippen LogP contribution in [0.3, 0.4) is 0 Å². The molecule has 2 amide bonds. The van der Waals surface area contributed by atoms with Crippen LogP contribution in [0.2, 0.25) is 0 Å². The molecule has 1 aliphatic heterocycles. The first-order valence-electron chi connectivity index (χ1n) is 11.0. The number of sulfonamides is 1. The highest BCUT2D eigenvalue weighted by Crippen LogP contribution is 2.38. The van der Waals surface area contributed by atoms with Crippen molar-refractivity contribution in [3.8, 4) is 0 Å². The van der Waals surface area contributed by atoms with Gasteiger partial charge in [-0.3, -0.25) is 4.68 Å². The molecular weight excluding hydrogens is 491 g/mol. The number of halogens is 3. The second-order valence-electron chi connectivity index (χ2n) is 8.47. The Morgan fingerprint density at radius 1 is 1.06 bits per heavy atom. The summed E-state index contributed by atoms with van der Waals surface area (Å²) in [4.78, 5) is 21.5. The number of amides is 2. The van der Waals surface area contributed by atoms with Crippen molar-refractivity contribution >= 4 is 27.7 Å². The molecule has 0 unspecified atom stereocenters. The Morgan fingerprint density at radius 3 is 2.20 bits per heavy atom. The monoisotopic (exact) mass is 515 g/mol. The summed E-state index contributed by atoms with van der Waals surface area (Å²) in [7, 11) is -4.02. The van der Waals surface area contributed by atoms with Gasteiger partial charge in [0.05, 0.1) is 12.2 Å². The lowest BCUT2D eigenvalue weighted by atomic mass is 9.99. The number of benzene rings is 1. The number of anilines is 1. The molecule has 0 radical (unpaired) electrons. The van der Waals surface area contributed by atoms with E-state index in [0.717, 1.165) is 67.6 Å². The fourth-order valence-corrected chi connectivity index (χ4v) is 5.48. The van der Waals surface area contributed by atoms with Gasteiger partial charge in [0.1, 0.15) is 0 Å². The maximum atomic E-state index is 12.6. The second-order valence-corrected chi connectivity index (χ2v) is 10.1. The molecule has 190 valence electrons. The summed E-state index contributed by atoms with van der Waals surface area (Å²) in [5.41, 5.74) is 6.52.